The zero-order chi connectivity index (χ0) is 22.2. The Morgan fingerprint density at radius 2 is 1.77 bits per heavy atom. The average Bonchev–Trinajstić information content (AvgIpc) is 2.92. The van der Waals surface area contributed by atoms with Crippen molar-refractivity contribution in [1.82, 2.24) is 4.72 Å². The van der Waals surface area contributed by atoms with E-state index in [1.165, 1.54) is 0 Å². The van der Waals surface area contributed by atoms with Gasteiger partial charge in [0, 0.05) is 0 Å². The minimum absolute atomic E-state index is 0.0467. The van der Waals surface area contributed by atoms with E-state index in [1.54, 1.807) is 13.8 Å². The van der Waals surface area contributed by atoms with Gasteiger partial charge < -0.3 is 18.9 Å². The van der Waals surface area contributed by atoms with Crippen molar-refractivity contribution in [1.29, 1.82) is 0 Å². The molecule has 0 saturated carbocycles. The van der Waals surface area contributed by atoms with Crippen LogP contribution < -0.4 is 4.72 Å². The fourth-order valence-electron chi connectivity index (χ4n) is 3.57. The molecule has 0 spiro atoms. The monoisotopic (exact) mass is 465 g/mol. The SMILES string of the molecule is CC1(C)O[C@@H]2[C@@H](CO[C@@](COS(C)(=O)=O)(NS(C)(=O)=O)[C@H]2OCc2ccccc2)O1. The van der Waals surface area contributed by atoms with Gasteiger partial charge in [0.1, 0.15) is 24.9 Å². The average molecular weight is 466 g/mol. The van der Waals surface area contributed by atoms with E-state index in [2.05, 4.69) is 4.72 Å². The molecule has 10 nitrogen and oxygen atoms in total. The van der Waals surface area contributed by atoms with Crippen molar-refractivity contribution in [3.63, 3.8) is 0 Å². The Morgan fingerprint density at radius 1 is 1.10 bits per heavy atom. The largest absolute Gasteiger partial charge is 0.366 e. The topological polar surface area (TPSA) is 126 Å². The minimum Gasteiger partial charge on any atom is -0.366 e. The molecular weight excluding hydrogens is 438 g/mol. The molecule has 2 saturated heterocycles. The maximum absolute atomic E-state index is 12.1. The third-order valence-electron chi connectivity index (χ3n) is 4.60. The van der Waals surface area contributed by atoms with Crippen molar-refractivity contribution in [2.45, 2.75) is 50.3 Å². The third kappa shape index (κ3) is 5.98. The summed E-state index contributed by atoms with van der Waals surface area (Å²) in [7, 11) is -7.74. The van der Waals surface area contributed by atoms with E-state index in [-0.39, 0.29) is 13.2 Å². The van der Waals surface area contributed by atoms with E-state index in [4.69, 9.17) is 23.1 Å². The molecule has 0 unspecified atom stereocenters. The summed E-state index contributed by atoms with van der Waals surface area (Å²) in [5.74, 6) is -0.952. The normalized spacial score (nSPS) is 31.4. The number of hydrogen-bond acceptors (Lipinski definition) is 9. The molecule has 0 amide bonds. The molecule has 0 radical (unpaired) electrons. The van der Waals surface area contributed by atoms with Gasteiger partial charge in [-0.1, -0.05) is 30.3 Å². The van der Waals surface area contributed by atoms with Gasteiger partial charge in [-0.2, -0.15) is 13.1 Å². The molecule has 1 aromatic rings. The highest BCUT2D eigenvalue weighted by molar-refractivity contribution is 7.88. The number of nitrogens with one attached hydrogen (secondary N) is 1. The standard InChI is InChI=1S/C18H27NO9S2/c1-17(2)27-14-11-25-18(19-29(3,20)21,12-26-30(4,22)23)16(15(14)28-17)24-10-13-8-6-5-7-9-13/h5-9,14-16,19H,10-12H2,1-4H3/t14-,15-,16+,18-/m1/s1. The van der Waals surface area contributed by atoms with E-state index in [9.17, 15) is 16.8 Å². The molecule has 170 valence electrons. The fourth-order valence-corrected chi connectivity index (χ4v) is 4.82. The molecule has 1 aromatic carbocycles. The van der Waals surface area contributed by atoms with Gasteiger partial charge in [-0.15, -0.1) is 0 Å². The Labute approximate surface area is 177 Å². The predicted molar refractivity (Wildman–Crippen MR) is 106 cm³/mol. The van der Waals surface area contributed by atoms with Crippen LogP contribution >= 0.6 is 0 Å². The van der Waals surface area contributed by atoms with Gasteiger partial charge in [0.25, 0.3) is 10.1 Å². The molecule has 0 aliphatic carbocycles. The summed E-state index contributed by atoms with van der Waals surface area (Å²) in [6.07, 6.45) is -0.516. The van der Waals surface area contributed by atoms with E-state index >= 15 is 0 Å². The van der Waals surface area contributed by atoms with Gasteiger partial charge >= 0.3 is 0 Å². The molecule has 2 heterocycles. The van der Waals surface area contributed by atoms with Crippen molar-refractivity contribution in [3.05, 3.63) is 35.9 Å². The molecule has 4 atom stereocenters. The Kier molecular flexibility index (Phi) is 6.62. The summed E-state index contributed by atoms with van der Waals surface area (Å²) < 4.78 is 78.6. The van der Waals surface area contributed by atoms with Gasteiger partial charge in [-0.25, -0.2) is 8.42 Å². The lowest BCUT2D eigenvalue weighted by Crippen LogP contribution is -2.70. The second-order valence-corrected chi connectivity index (χ2v) is 11.3. The zero-order valence-corrected chi connectivity index (χ0v) is 18.9. The van der Waals surface area contributed by atoms with Crippen molar-refractivity contribution in [2.75, 3.05) is 25.7 Å². The first kappa shape index (κ1) is 23.5. The van der Waals surface area contributed by atoms with Crippen LogP contribution in [0.4, 0.5) is 0 Å². The van der Waals surface area contributed by atoms with Crippen LogP contribution in [0.25, 0.3) is 0 Å². The lowest BCUT2D eigenvalue weighted by atomic mass is 9.95. The molecule has 2 aliphatic heterocycles. The molecule has 3 rings (SSSR count). The Bertz CT molecular complexity index is 949. The van der Waals surface area contributed by atoms with Crippen LogP contribution in [0.5, 0.6) is 0 Å². The van der Waals surface area contributed by atoms with Crippen LogP contribution in [0.1, 0.15) is 19.4 Å². The fraction of sp³-hybridized carbons (Fsp3) is 0.667. The van der Waals surface area contributed by atoms with Gasteiger partial charge in [0.15, 0.2) is 11.5 Å². The van der Waals surface area contributed by atoms with Gasteiger partial charge in [0.05, 0.1) is 25.7 Å². The highest BCUT2D eigenvalue weighted by atomic mass is 32.2. The van der Waals surface area contributed by atoms with E-state index in [0.717, 1.165) is 18.1 Å². The zero-order valence-electron chi connectivity index (χ0n) is 17.2. The van der Waals surface area contributed by atoms with Crippen molar-refractivity contribution >= 4 is 20.1 Å². The Morgan fingerprint density at radius 3 is 2.37 bits per heavy atom. The third-order valence-corrected chi connectivity index (χ3v) is 5.86. The van der Waals surface area contributed by atoms with Crippen LogP contribution in [0.15, 0.2) is 30.3 Å². The van der Waals surface area contributed by atoms with Crippen molar-refractivity contribution < 1.29 is 40.0 Å². The lowest BCUT2D eigenvalue weighted by molar-refractivity contribution is -0.243. The van der Waals surface area contributed by atoms with Crippen LogP contribution in [-0.2, 0) is 49.9 Å². The summed E-state index contributed by atoms with van der Waals surface area (Å²) in [4.78, 5) is 0. The second kappa shape index (κ2) is 8.43. The van der Waals surface area contributed by atoms with Crippen molar-refractivity contribution in [3.8, 4) is 0 Å². The van der Waals surface area contributed by atoms with Gasteiger partial charge in [-0.05, 0) is 19.4 Å². The summed E-state index contributed by atoms with van der Waals surface area (Å²) in [5, 5.41) is 0. The molecule has 0 bridgehead atoms. The van der Waals surface area contributed by atoms with Gasteiger partial charge in [-0.3, -0.25) is 4.18 Å². The molecular formula is C18H27NO9S2. The Balaban J connectivity index is 1.96. The number of benzene rings is 1. The highest BCUT2D eigenvalue weighted by Crippen LogP contribution is 2.39. The second-order valence-electron chi connectivity index (χ2n) is 7.90. The highest BCUT2D eigenvalue weighted by Gasteiger charge is 2.59. The summed E-state index contributed by atoms with van der Waals surface area (Å²) in [6, 6.07) is 9.22. The molecule has 2 fully saturated rings. The molecule has 30 heavy (non-hydrogen) atoms. The van der Waals surface area contributed by atoms with Crippen LogP contribution in [-0.4, -0.2) is 72.4 Å². The first-order chi connectivity index (χ1) is 13.8. The van der Waals surface area contributed by atoms with E-state index < -0.39 is 56.6 Å². The smallest absolute Gasteiger partial charge is 0.264 e. The van der Waals surface area contributed by atoms with E-state index in [1.807, 2.05) is 30.3 Å². The molecule has 1 N–H and O–H groups in total. The number of hydrogen-bond donors (Lipinski definition) is 1. The van der Waals surface area contributed by atoms with Crippen LogP contribution in [0.2, 0.25) is 0 Å². The molecule has 12 heteroatoms. The lowest BCUT2D eigenvalue weighted by Gasteiger charge is -2.46. The summed E-state index contributed by atoms with van der Waals surface area (Å²) in [6.45, 7) is 2.87. The van der Waals surface area contributed by atoms with Crippen LogP contribution in [0, 0.1) is 0 Å². The predicted octanol–water partition coefficient (Wildman–Crippen LogP) is 0.344. The number of sulfonamides is 1. The molecule has 0 aromatic heterocycles. The number of fused-ring (bicyclic) bond motifs is 1. The number of ether oxygens (including phenoxy) is 4. The maximum Gasteiger partial charge on any atom is 0.264 e. The first-order valence-electron chi connectivity index (χ1n) is 9.27. The minimum atomic E-state index is -3.90. The number of rotatable bonds is 8. The molecule has 2 aliphatic rings. The van der Waals surface area contributed by atoms with Crippen LogP contribution in [0.3, 0.4) is 0 Å². The van der Waals surface area contributed by atoms with E-state index in [0.29, 0.717) is 0 Å². The summed E-state index contributed by atoms with van der Waals surface area (Å²) in [5.41, 5.74) is -1.01. The Hall–Kier alpha value is -1.12. The summed E-state index contributed by atoms with van der Waals surface area (Å²) >= 11 is 0. The van der Waals surface area contributed by atoms with Crippen molar-refractivity contribution in [2.24, 2.45) is 0 Å². The first-order valence-corrected chi connectivity index (χ1v) is 13.0. The maximum atomic E-state index is 12.1. The van der Waals surface area contributed by atoms with Gasteiger partial charge in [0.2, 0.25) is 10.0 Å². The quantitative estimate of drug-likeness (QED) is 0.541.